The molecule has 72 valence electrons. The lowest BCUT2D eigenvalue weighted by molar-refractivity contribution is 0.337. The first kappa shape index (κ1) is 10.0. The van der Waals surface area contributed by atoms with Crippen molar-refractivity contribution in [3.8, 4) is 5.75 Å². The molecule has 1 aromatic carbocycles. The van der Waals surface area contributed by atoms with E-state index in [1.54, 1.807) is 6.07 Å². The molecular weight excluding hydrogens is 167 g/mol. The Morgan fingerprint density at radius 1 is 1.31 bits per heavy atom. The molecule has 1 aromatic rings. The fraction of sp³-hybridized carbons (Fsp3) is 0.455. The quantitative estimate of drug-likeness (QED) is 0.696. The largest absolute Gasteiger partial charge is 0.494 e. The molecule has 0 bridgehead atoms. The van der Waals surface area contributed by atoms with Crippen molar-refractivity contribution in [1.82, 2.24) is 0 Å². The van der Waals surface area contributed by atoms with Crippen LogP contribution in [-0.4, -0.2) is 6.61 Å². The summed E-state index contributed by atoms with van der Waals surface area (Å²) in [5, 5.41) is 0. The maximum atomic E-state index is 13.0. The van der Waals surface area contributed by atoms with E-state index < -0.39 is 0 Å². The highest BCUT2D eigenvalue weighted by atomic mass is 19.1. The number of hydrogen-bond acceptors (Lipinski definition) is 1. The molecule has 0 unspecified atom stereocenters. The van der Waals surface area contributed by atoms with Gasteiger partial charge in [0.25, 0.3) is 0 Å². The molecule has 0 aromatic heterocycles. The van der Waals surface area contributed by atoms with Gasteiger partial charge in [0, 0.05) is 6.07 Å². The molecule has 0 spiro atoms. The molecule has 0 radical (unpaired) electrons. The van der Waals surface area contributed by atoms with Crippen molar-refractivity contribution in [2.45, 2.75) is 26.7 Å². The van der Waals surface area contributed by atoms with Gasteiger partial charge >= 0.3 is 0 Å². The second-order valence-corrected chi connectivity index (χ2v) is 3.31. The van der Waals surface area contributed by atoms with Gasteiger partial charge in [-0.15, -0.1) is 0 Å². The number of hydrogen-bond donors (Lipinski definition) is 0. The average Bonchev–Trinajstić information content (AvgIpc) is 2.03. The van der Waals surface area contributed by atoms with Crippen molar-refractivity contribution in [2.24, 2.45) is 0 Å². The summed E-state index contributed by atoms with van der Waals surface area (Å²) < 4.78 is 18.3. The van der Waals surface area contributed by atoms with Crippen LogP contribution < -0.4 is 4.74 Å². The van der Waals surface area contributed by atoms with Crippen LogP contribution in [0.2, 0.25) is 0 Å². The first-order chi connectivity index (χ1) is 6.13. The van der Waals surface area contributed by atoms with Crippen molar-refractivity contribution in [3.63, 3.8) is 0 Å². The van der Waals surface area contributed by atoms with Crippen LogP contribution in [0.15, 0.2) is 18.2 Å². The zero-order valence-electron chi connectivity index (χ0n) is 8.30. The number of halogens is 1. The van der Waals surface area contributed by atoms with Crippen LogP contribution in [0.4, 0.5) is 4.39 Å². The van der Waals surface area contributed by atoms with Crippen LogP contribution in [-0.2, 0) is 0 Å². The lowest BCUT2D eigenvalue weighted by Crippen LogP contribution is -1.95. The van der Waals surface area contributed by atoms with E-state index in [0.29, 0.717) is 18.3 Å². The van der Waals surface area contributed by atoms with Gasteiger partial charge in [0.1, 0.15) is 11.6 Å². The average molecular weight is 182 g/mol. The molecule has 1 rings (SSSR count). The van der Waals surface area contributed by atoms with Crippen LogP contribution in [0.3, 0.4) is 0 Å². The summed E-state index contributed by atoms with van der Waals surface area (Å²) >= 11 is 0. The van der Waals surface area contributed by atoms with E-state index in [0.717, 1.165) is 5.56 Å². The fourth-order valence-electron chi connectivity index (χ4n) is 1.17. The number of ether oxygens (including phenoxy) is 1. The lowest BCUT2D eigenvalue weighted by atomic mass is 10.0. The monoisotopic (exact) mass is 182 g/mol. The Kier molecular flexibility index (Phi) is 3.29. The predicted molar refractivity (Wildman–Crippen MR) is 51.7 cm³/mol. The van der Waals surface area contributed by atoms with E-state index in [1.807, 2.05) is 26.8 Å². The Bertz CT molecular complexity index is 281. The van der Waals surface area contributed by atoms with Gasteiger partial charge in [-0.25, -0.2) is 4.39 Å². The van der Waals surface area contributed by atoms with Gasteiger partial charge in [0.2, 0.25) is 0 Å². The maximum Gasteiger partial charge on any atom is 0.127 e. The zero-order valence-corrected chi connectivity index (χ0v) is 8.30. The van der Waals surface area contributed by atoms with Crippen LogP contribution in [0.1, 0.15) is 32.3 Å². The highest BCUT2D eigenvalue weighted by Crippen LogP contribution is 2.22. The molecule has 0 amide bonds. The molecule has 0 N–H and O–H groups in total. The van der Waals surface area contributed by atoms with E-state index in [1.165, 1.54) is 6.07 Å². The summed E-state index contributed by atoms with van der Waals surface area (Å²) in [5.74, 6) is 0.718. The third kappa shape index (κ3) is 2.72. The van der Waals surface area contributed by atoms with Crippen molar-refractivity contribution in [3.05, 3.63) is 29.6 Å². The summed E-state index contributed by atoms with van der Waals surface area (Å²) in [6, 6.07) is 4.85. The fourth-order valence-corrected chi connectivity index (χ4v) is 1.17. The molecule has 0 saturated heterocycles. The van der Waals surface area contributed by atoms with Gasteiger partial charge < -0.3 is 4.74 Å². The first-order valence-corrected chi connectivity index (χ1v) is 4.56. The van der Waals surface area contributed by atoms with E-state index in [-0.39, 0.29) is 5.82 Å². The van der Waals surface area contributed by atoms with Gasteiger partial charge in [0.15, 0.2) is 0 Å². The molecule has 0 heterocycles. The Balaban J connectivity index is 2.96. The van der Waals surface area contributed by atoms with E-state index in [9.17, 15) is 4.39 Å². The number of rotatable bonds is 3. The Morgan fingerprint density at radius 3 is 2.54 bits per heavy atom. The normalized spacial score (nSPS) is 10.5. The van der Waals surface area contributed by atoms with Gasteiger partial charge in [0.05, 0.1) is 6.61 Å². The highest BCUT2D eigenvalue weighted by Gasteiger charge is 2.04. The third-order valence-corrected chi connectivity index (χ3v) is 1.87. The minimum atomic E-state index is -0.227. The van der Waals surface area contributed by atoms with Crippen molar-refractivity contribution in [2.75, 3.05) is 6.61 Å². The van der Waals surface area contributed by atoms with Crippen molar-refractivity contribution < 1.29 is 9.13 Å². The van der Waals surface area contributed by atoms with E-state index in [4.69, 9.17) is 4.74 Å². The summed E-state index contributed by atoms with van der Waals surface area (Å²) in [7, 11) is 0. The van der Waals surface area contributed by atoms with Gasteiger partial charge in [-0.1, -0.05) is 13.8 Å². The van der Waals surface area contributed by atoms with Crippen LogP contribution in [0.5, 0.6) is 5.75 Å². The van der Waals surface area contributed by atoms with Gasteiger partial charge in [-0.3, -0.25) is 0 Å². The smallest absolute Gasteiger partial charge is 0.127 e. The molecule has 0 atom stereocenters. The topological polar surface area (TPSA) is 9.23 Å². The maximum absolute atomic E-state index is 13.0. The summed E-state index contributed by atoms with van der Waals surface area (Å²) in [4.78, 5) is 0. The highest BCUT2D eigenvalue weighted by molar-refractivity contribution is 5.31. The Hall–Kier alpha value is -1.05. The third-order valence-electron chi connectivity index (χ3n) is 1.87. The van der Waals surface area contributed by atoms with E-state index in [2.05, 4.69) is 0 Å². The zero-order chi connectivity index (χ0) is 9.84. The van der Waals surface area contributed by atoms with Crippen LogP contribution in [0.25, 0.3) is 0 Å². The molecule has 0 aliphatic rings. The van der Waals surface area contributed by atoms with Gasteiger partial charge in [-0.2, -0.15) is 0 Å². The second kappa shape index (κ2) is 4.26. The molecule has 0 aliphatic heterocycles. The minimum absolute atomic E-state index is 0.227. The molecule has 0 saturated carbocycles. The molecule has 1 nitrogen and oxygen atoms in total. The van der Waals surface area contributed by atoms with Crippen molar-refractivity contribution >= 4 is 0 Å². The number of benzene rings is 1. The predicted octanol–water partition coefficient (Wildman–Crippen LogP) is 3.35. The molecule has 0 aliphatic carbocycles. The summed E-state index contributed by atoms with van der Waals surface area (Å²) in [5.41, 5.74) is 0.975. The van der Waals surface area contributed by atoms with Crippen LogP contribution in [0, 0.1) is 5.82 Å². The van der Waals surface area contributed by atoms with Gasteiger partial charge in [-0.05, 0) is 30.5 Å². The second-order valence-electron chi connectivity index (χ2n) is 3.31. The van der Waals surface area contributed by atoms with E-state index >= 15 is 0 Å². The van der Waals surface area contributed by atoms with Crippen molar-refractivity contribution in [1.29, 1.82) is 0 Å². The Morgan fingerprint density at radius 2 is 2.00 bits per heavy atom. The van der Waals surface area contributed by atoms with Crippen LogP contribution >= 0.6 is 0 Å². The summed E-state index contributed by atoms with van der Waals surface area (Å²) in [6.45, 7) is 6.52. The SMILES string of the molecule is CCOc1cc(F)cc(C(C)C)c1. The standard InChI is InChI=1S/C11H15FO/c1-4-13-11-6-9(8(2)3)5-10(12)7-11/h5-8H,4H2,1-3H3. The molecule has 0 fully saturated rings. The Labute approximate surface area is 78.5 Å². The minimum Gasteiger partial charge on any atom is -0.494 e. The summed E-state index contributed by atoms with van der Waals surface area (Å²) in [6.07, 6.45) is 0. The molecule has 2 heteroatoms. The first-order valence-electron chi connectivity index (χ1n) is 4.56. The molecule has 13 heavy (non-hydrogen) atoms. The lowest BCUT2D eigenvalue weighted by Gasteiger charge is -2.09. The molecular formula is C11H15FO.